The van der Waals surface area contributed by atoms with E-state index in [1.54, 1.807) is 23.7 Å². The first kappa shape index (κ1) is 29.5. The summed E-state index contributed by atoms with van der Waals surface area (Å²) in [6.07, 6.45) is 9.46. The molecule has 2 saturated heterocycles. The van der Waals surface area contributed by atoms with Crippen molar-refractivity contribution in [1.82, 2.24) is 25.4 Å². The highest BCUT2D eigenvalue weighted by molar-refractivity contribution is 7.11. The van der Waals surface area contributed by atoms with Crippen molar-refractivity contribution in [3.05, 3.63) is 16.6 Å². The quantitative estimate of drug-likeness (QED) is 0.450. The molecule has 3 saturated carbocycles. The van der Waals surface area contributed by atoms with Crippen molar-refractivity contribution in [3.8, 4) is 0 Å². The molecule has 1 aromatic rings. The van der Waals surface area contributed by atoms with Gasteiger partial charge in [-0.15, -0.1) is 11.3 Å². The number of nitrogens with zero attached hydrogens (tertiary/aromatic N) is 3. The maximum absolute atomic E-state index is 14.0. The second-order valence-corrected chi connectivity index (χ2v) is 15.4. The van der Waals surface area contributed by atoms with E-state index in [0.29, 0.717) is 42.5 Å². The number of nitrogens with one attached hydrogen (secondary N) is 2. The van der Waals surface area contributed by atoms with Crippen LogP contribution in [0.5, 0.6) is 0 Å². The number of carbonyl (C=O) groups is 4. The van der Waals surface area contributed by atoms with Crippen molar-refractivity contribution in [2.45, 2.75) is 77.9 Å². The number of amides is 4. The molecule has 2 N–H and O–H groups in total. The lowest BCUT2D eigenvalue weighted by atomic mass is 9.70. The number of thiazole rings is 1. The van der Waals surface area contributed by atoms with Crippen LogP contribution in [0.25, 0.3) is 0 Å². The zero-order valence-corrected chi connectivity index (χ0v) is 26.1. The summed E-state index contributed by atoms with van der Waals surface area (Å²) in [7, 11) is 1.56. The monoisotopic (exact) mass is 599 g/mol. The molecule has 5 atom stereocenters. The summed E-state index contributed by atoms with van der Waals surface area (Å²) in [4.78, 5) is 61.5. The Bertz CT molecular complexity index is 1220. The zero-order valence-electron chi connectivity index (χ0n) is 25.3. The topological polar surface area (TPSA) is 121 Å². The third-order valence-electron chi connectivity index (χ3n) is 10.9. The number of carbonyl (C=O) groups excluding carboxylic acids is 4. The summed E-state index contributed by atoms with van der Waals surface area (Å²) in [6, 6.07) is -0.852. The lowest BCUT2D eigenvalue weighted by Crippen LogP contribution is -2.65. The lowest BCUT2D eigenvalue weighted by Gasteiger charge is -2.50. The zero-order chi connectivity index (χ0) is 29.9. The minimum absolute atomic E-state index is 0.0213. The smallest absolute Gasteiger partial charge is 0.265 e. The van der Waals surface area contributed by atoms with Crippen LogP contribution in [0.15, 0.2) is 11.7 Å². The van der Waals surface area contributed by atoms with Gasteiger partial charge in [-0.2, -0.15) is 0 Å². The van der Waals surface area contributed by atoms with Crippen molar-refractivity contribution in [2.24, 2.45) is 34.0 Å². The van der Waals surface area contributed by atoms with Gasteiger partial charge in [0.05, 0.1) is 23.7 Å². The molecule has 6 rings (SSSR count). The van der Waals surface area contributed by atoms with Crippen LogP contribution in [0.2, 0.25) is 0 Å². The van der Waals surface area contributed by atoms with Gasteiger partial charge < -0.3 is 25.2 Å². The molecule has 5 aliphatic rings. The fraction of sp³-hybridized carbons (Fsp3) is 0.774. The SMILES string of the molecule is CNC(=O)[C@@H](NC(=O)[C@@H]1CN(C(=O)c2cncs2)CC12CN(C(=O)[C@H]1CC1(C)C)C2)[C@@H](C)OCC1CCCC2(CC2)C1. The molecule has 1 unspecified atom stereocenters. The summed E-state index contributed by atoms with van der Waals surface area (Å²) in [6.45, 7) is 8.14. The minimum atomic E-state index is -0.852. The minimum Gasteiger partial charge on any atom is -0.376 e. The molecule has 1 aromatic heterocycles. The van der Waals surface area contributed by atoms with E-state index >= 15 is 0 Å². The van der Waals surface area contributed by atoms with Crippen LogP contribution >= 0.6 is 11.3 Å². The first-order valence-corrected chi connectivity index (χ1v) is 16.4. The Morgan fingerprint density at radius 1 is 1.10 bits per heavy atom. The van der Waals surface area contributed by atoms with E-state index in [-0.39, 0.29) is 41.5 Å². The van der Waals surface area contributed by atoms with Crippen molar-refractivity contribution in [1.29, 1.82) is 0 Å². The molecule has 5 fully saturated rings. The molecule has 230 valence electrons. The highest BCUT2D eigenvalue weighted by Gasteiger charge is 2.62. The van der Waals surface area contributed by atoms with Crippen LogP contribution in [0.3, 0.4) is 0 Å². The van der Waals surface area contributed by atoms with Gasteiger partial charge in [0, 0.05) is 51.2 Å². The number of hydrogen-bond donors (Lipinski definition) is 2. The van der Waals surface area contributed by atoms with E-state index < -0.39 is 23.5 Å². The van der Waals surface area contributed by atoms with Gasteiger partial charge in [0.25, 0.3) is 5.91 Å². The Morgan fingerprint density at radius 2 is 1.81 bits per heavy atom. The Labute approximate surface area is 252 Å². The summed E-state index contributed by atoms with van der Waals surface area (Å²) in [5, 5.41) is 5.70. The normalized spacial score (nSPS) is 29.5. The van der Waals surface area contributed by atoms with Crippen molar-refractivity contribution >= 4 is 35.0 Å². The number of aromatic nitrogens is 1. The van der Waals surface area contributed by atoms with E-state index in [2.05, 4.69) is 29.5 Å². The van der Waals surface area contributed by atoms with Gasteiger partial charge >= 0.3 is 0 Å². The van der Waals surface area contributed by atoms with Crippen molar-refractivity contribution in [3.63, 3.8) is 0 Å². The molecule has 2 spiro atoms. The predicted molar refractivity (Wildman–Crippen MR) is 157 cm³/mol. The maximum atomic E-state index is 14.0. The van der Waals surface area contributed by atoms with Crippen LogP contribution in [-0.4, -0.2) is 90.4 Å². The van der Waals surface area contributed by atoms with Gasteiger partial charge in [0.2, 0.25) is 17.7 Å². The first-order chi connectivity index (χ1) is 20.0. The van der Waals surface area contributed by atoms with Crippen molar-refractivity contribution in [2.75, 3.05) is 39.8 Å². The molecular weight excluding hydrogens is 554 g/mol. The van der Waals surface area contributed by atoms with E-state index in [1.807, 2.05) is 11.8 Å². The third-order valence-corrected chi connectivity index (χ3v) is 11.7. The fourth-order valence-electron chi connectivity index (χ4n) is 7.81. The van der Waals surface area contributed by atoms with Crippen LogP contribution in [-0.2, 0) is 19.1 Å². The lowest BCUT2D eigenvalue weighted by molar-refractivity contribution is -0.152. The molecule has 42 heavy (non-hydrogen) atoms. The molecule has 0 bridgehead atoms. The van der Waals surface area contributed by atoms with Crippen LogP contribution < -0.4 is 10.6 Å². The van der Waals surface area contributed by atoms with E-state index in [0.717, 1.165) is 12.8 Å². The fourth-order valence-corrected chi connectivity index (χ4v) is 8.39. The van der Waals surface area contributed by atoms with Gasteiger partial charge in [-0.3, -0.25) is 24.2 Å². The van der Waals surface area contributed by atoms with Gasteiger partial charge in [-0.25, -0.2) is 0 Å². The predicted octanol–water partition coefficient (Wildman–Crippen LogP) is 2.70. The highest BCUT2D eigenvalue weighted by Crippen LogP contribution is 2.57. The standard InChI is InChI=1S/C31H45N5O5S/c1-19(41-14-20-6-5-7-30(10-20)8-9-30)24(26(38)32-4)34-25(37)22-13-35(28(40)23-12-33-18-42-23)15-31(22)16-36(17-31)27(39)21-11-29(21,2)3/h12,18-22,24H,5-11,13-17H2,1-4H3,(H,32,38)(H,34,37)/t19-,20?,21-,22+,24+/m1/s1. The van der Waals surface area contributed by atoms with E-state index in [4.69, 9.17) is 4.74 Å². The molecule has 11 heteroatoms. The summed E-state index contributed by atoms with van der Waals surface area (Å²) in [5.41, 5.74) is 1.64. The average molecular weight is 600 g/mol. The third kappa shape index (κ3) is 5.58. The molecule has 10 nitrogen and oxygen atoms in total. The molecule has 2 aliphatic heterocycles. The largest absolute Gasteiger partial charge is 0.376 e. The molecule has 3 aliphatic carbocycles. The van der Waals surface area contributed by atoms with Crippen molar-refractivity contribution < 1.29 is 23.9 Å². The van der Waals surface area contributed by atoms with Gasteiger partial charge in [-0.05, 0) is 62.2 Å². The molecule has 0 radical (unpaired) electrons. The molecule has 0 aromatic carbocycles. The second kappa shape index (κ2) is 10.9. The first-order valence-electron chi connectivity index (χ1n) is 15.6. The molecule has 4 amide bonds. The number of ether oxygens (including phenoxy) is 1. The van der Waals surface area contributed by atoms with Crippen LogP contribution in [0.1, 0.15) is 75.4 Å². The number of rotatable bonds is 9. The Balaban J connectivity index is 1.14. The number of hydrogen-bond acceptors (Lipinski definition) is 7. The van der Waals surface area contributed by atoms with Gasteiger partial charge in [0.15, 0.2) is 0 Å². The van der Waals surface area contributed by atoms with E-state index in [9.17, 15) is 19.2 Å². The van der Waals surface area contributed by atoms with Crippen LogP contribution in [0.4, 0.5) is 0 Å². The number of likely N-dealkylation sites (tertiary alicyclic amines) is 2. The summed E-state index contributed by atoms with van der Waals surface area (Å²) in [5.74, 6) is -0.620. The van der Waals surface area contributed by atoms with Crippen LogP contribution in [0, 0.1) is 34.0 Å². The average Bonchev–Trinajstić information content (AvgIpc) is 3.64. The summed E-state index contributed by atoms with van der Waals surface area (Å²) >= 11 is 1.28. The summed E-state index contributed by atoms with van der Waals surface area (Å²) < 4.78 is 6.25. The maximum Gasteiger partial charge on any atom is 0.265 e. The highest BCUT2D eigenvalue weighted by atomic mass is 32.1. The van der Waals surface area contributed by atoms with Gasteiger partial charge in [0.1, 0.15) is 10.9 Å². The van der Waals surface area contributed by atoms with Gasteiger partial charge in [-0.1, -0.05) is 20.3 Å². The Morgan fingerprint density at radius 3 is 2.43 bits per heavy atom. The molecular formula is C31H45N5O5S. The molecule has 3 heterocycles. The second-order valence-electron chi connectivity index (χ2n) is 14.5. The Hall–Kier alpha value is -2.53. The Kier molecular flexibility index (Phi) is 7.65. The number of likely N-dealkylation sites (N-methyl/N-ethyl adjacent to an activating group) is 1. The van der Waals surface area contributed by atoms with E-state index in [1.165, 1.54) is 43.4 Å².